The number of methoxy groups -OCH3 is 1. The van der Waals surface area contributed by atoms with Crippen molar-refractivity contribution in [2.75, 3.05) is 19.5 Å². The fourth-order valence-electron chi connectivity index (χ4n) is 1.89. The molecule has 5 heteroatoms. The summed E-state index contributed by atoms with van der Waals surface area (Å²) in [4.78, 5) is 11.7. The lowest BCUT2D eigenvalue weighted by atomic mass is 10.1. The Kier molecular flexibility index (Phi) is 5.06. The van der Waals surface area contributed by atoms with Crippen molar-refractivity contribution in [3.63, 3.8) is 0 Å². The lowest BCUT2D eigenvalue weighted by Crippen LogP contribution is -2.18. The van der Waals surface area contributed by atoms with E-state index in [0.717, 1.165) is 17.0 Å². The molecule has 0 unspecified atom stereocenters. The van der Waals surface area contributed by atoms with Crippen molar-refractivity contribution in [2.45, 2.75) is 6.54 Å². The van der Waals surface area contributed by atoms with Crippen molar-refractivity contribution in [1.29, 1.82) is 0 Å². The molecule has 0 saturated carbocycles. The molecule has 0 radical (unpaired) electrons. The first kappa shape index (κ1) is 15.2. The van der Waals surface area contributed by atoms with Crippen molar-refractivity contribution in [1.82, 2.24) is 5.32 Å². The first-order valence-electron chi connectivity index (χ1n) is 6.52. The summed E-state index contributed by atoms with van der Waals surface area (Å²) in [5, 5.41) is 6.27. The van der Waals surface area contributed by atoms with Crippen LogP contribution in [-0.2, 0) is 6.54 Å². The van der Waals surface area contributed by atoms with Crippen LogP contribution in [0, 0.1) is 0 Å². The Labute approximate surface area is 129 Å². The molecule has 0 bridgehead atoms. The molecule has 2 N–H and O–H groups in total. The van der Waals surface area contributed by atoms with E-state index < -0.39 is 0 Å². The lowest BCUT2D eigenvalue weighted by Gasteiger charge is -2.10. The van der Waals surface area contributed by atoms with Gasteiger partial charge in [-0.1, -0.05) is 23.7 Å². The Morgan fingerprint density at radius 3 is 2.52 bits per heavy atom. The van der Waals surface area contributed by atoms with Crippen LogP contribution in [0.1, 0.15) is 15.9 Å². The Bertz CT molecular complexity index is 627. The van der Waals surface area contributed by atoms with Gasteiger partial charge in [0.1, 0.15) is 5.75 Å². The molecule has 1 amide bonds. The van der Waals surface area contributed by atoms with Crippen LogP contribution in [0.2, 0.25) is 5.02 Å². The van der Waals surface area contributed by atoms with Crippen LogP contribution in [0.25, 0.3) is 0 Å². The molecule has 0 fully saturated rings. The molecule has 0 saturated heterocycles. The van der Waals surface area contributed by atoms with E-state index in [0.29, 0.717) is 17.1 Å². The fourth-order valence-corrected chi connectivity index (χ4v) is 2.09. The standard InChI is InChI=1S/C16H17ClN2O2/c1-18-16(20)14-9-12(5-8-15(14)17)19-10-11-3-6-13(21-2)7-4-11/h3-9,19H,10H2,1-2H3,(H,18,20). The van der Waals surface area contributed by atoms with Crippen LogP contribution in [0.3, 0.4) is 0 Å². The Hall–Kier alpha value is -2.20. The maximum Gasteiger partial charge on any atom is 0.252 e. The number of amides is 1. The topological polar surface area (TPSA) is 50.4 Å². The predicted octanol–water partition coefficient (Wildman–Crippen LogP) is 3.32. The third kappa shape index (κ3) is 3.89. The number of halogens is 1. The molecule has 110 valence electrons. The maximum absolute atomic E-state index is 11.7. The highest BCUT2D eigenvalue weighted by Crippen LogP contribution is 2.21. The average molecular weight is 305 g/mol. The zero-order chi connectivity index (χ0) is 15.2. The van der Waals surface area contributed by atoms with Crippen molar-refractivity contribution in [3.05, 3.63) is 58.6 Å². The normalized spacial score (nSPS) is 10.0. The summed E-state index contributed by atoms with van der Waals surface area (Å²) >= 11 is 6.02. The van der Waals surface area contributed by atoms with Gasteiger partial charge in [-0.25, -0.2) is 0 Å². The number of benzene rings is 2. The van der Waals surface area contributed by atoms with Crippen molar-refractivity contribution >= 4 is 23.2 Å². The van der Waals surface area contributed by atoms with Crippen LogP contribution < -0.4 is 15.4 Å². The average Bonchev–Trinajstić information content (AvgIpc) is 2.53. The Morgan fingerprint density at radius 2 is 1.90 bits per heavy atom. The molecule has 0 aliphatic rings. The second kappa shape index (κ2) is 6.99. The SMILES string of the molecule is CNC(=O)c1cc(NCc2ccc(OC)cc2)ccc1Cl. The predicted molar refractivity (Wildman–Crippen MR) is 85.2 cm³/mol. The van der Waals surface area contributed by atoms with Gasteiger partial charge < -0.3 is 15.4 Å². The van der Waals surface area contributed by atoms with E-state index in [-0.39, 0.29) is 5.91 Å². The van der Waals surface area contributed by atoms with E-state index in [1.54, 1.807) is 26.3 Å². The molecule has 21 heavy (non-hydrogen) atoms. The van der Waals surface area contributed by atoms with E-state index in [1.807, 2.05) is 30.3 Å². The van der Waals surface area contributed by atoms with Gasteiger partial charge in [0.15, 0.2) is 0 Å². The molecular formula is C16H17ClN2O2. The number of rotatable bonds is 5. The minimum atomic E-state index is -0.201. The third-order valence-corrected chi connectivity index (χ3v) is 3.42. The van der Waals surface area contributed by atoms with Crippen molar-refractivity contribution < 1.29 is 9.53 Å². The molecule has 0 aliphatic carbocycles. The summed E-state index contributed by atoms with van der Waals surface area (Å²) in [5.41, 5.74) is 2.42. The molecule has 2 aromatic rings. The number of nitrogens with one attached hydrogen (secondary N) is 2. The molecule has 4 nitrogen and oxygen atoms in total. The molecule has 0 heterocycles. The fraction of sp³-hybridized carbons (Fsp3) is 0.188. The van der Waals surface area contributed by atoms with Gasteiger partial charge >= 0.3 is 0 Å². The van der Waals surface area contributed by atoms with Gasteiger partial charge in [-0.2, -0.15) is 0 Å². The number of carbonyl (C=O) groups excluding carboxylic acids is 1. The van der Waals surface area contributed by atoms with Crippen molar-refractivity contribution in [3.8, 4) is 5.75 Å². The summed E-state index contributed by atoms with van der Waals surface area (Å²) in [6.45, 7) is 0.652. The van der Waals surface area contributed by atoms with Gasteiger partial charge in [0.2, 0.25) is 0 Å². The second-order valence-corrected chi connectivity index (χ2v) is 4.88. The lowest BCUT2D eigenvalue weighted by molar-refractivity contribution is 0.0963. The summed E-state index contributed by atoms with van der Waals surface area (Å²) in [6, 6.07) is 13.1. The highest BCUT2D eigenvalue weighted by atomic mass is 35.5. The second-order valence-electron chi connectivity index (χ2n) is 4.48. The van der Waals surface area contributed by atoms with E-state index in [4.69, 9.17) is 16.3 Å². The highest BCUT2D eigenvalue weighted by Gasteiger charge is 2.09. The van der Waals surface area contributed by atoms with Crippen LogP contribution in [0.5, 0.6) is 5.75 Å². The molecule has 0 aromatic heterocycles. The zero-order valence-corrected chi connectivity index (χ0v) is 12.7. The van der Waals surface area contributed by atoms with Gasteiger partial charge in [0, 0.05) is 19.3 Å². The number of carbonyl (C=O) groups is 1. The maximum atomic E-state index is 11.7. The van der Waals surface area contributed by atoms with Crippen LogP contribution in [0.15, 0.2) is 42.5 Å². The minimum Gasteiger partial charge on any atom is -0.497 e. The number of hydrogen-bond donors (Lipinski definition) is 2. The molecule has 0 spiro atoms. The van der Waals surface area contributed by atoms with Gasteiger partial charge in [-0.05, 0) is 35.9 Å². The van der Waals surface area contributed by atoms with E-state index in [2.05, 4.69) is 10.6 Å². The van der Waals surface area contributed by atoms with E-state index in [1.165, 1.54) is 0 Å². The zero-order valence-electron chi connectivity index (χ0n) is 11.9. The summed E-state index contributed by atoms with van der Waals surface area (Å²) in [5.74, 6) is 0.625. The molecular weight excluding hydrogens is 288 g/mol. The van der Waals surface area contributed by atoms with E-state index >= 15 is 0 Å². The quantitative estimate of drug-likeness (QED) is 0.891. The smallest absolute Gasteiger partial charge is 0.252 e. The number of ether oxygens (including phenoxy) is 1. The minimum absolute atomic E-state index is 0.201. The first-order valence-corrected chi connectivity index (χ1v) is 6.90. The van der Waals surface area contributed by atoms with Gasteiger partial charge in [0.05, 0.1) is 17.7 Å². The summed E-state index contributed by atoms with van der Waals surface area (Å²) in [7, 11) is 3.22. The number of anilines is 1. The van der Waals surface area contributed by atoms with Crippen LogP contribution in [0.4, 0.5) is 5.69 Å². The van der Waals surface area contributed by atoms with Crippen LogP contribution >= 0.6 is 11.6 Å². The van der Waals surface area contributed by atoms with Gasteiger partial charge in [-0.3, -0.25) is 4.79 Å². The highest BCUT2D eigenvalue weighted by molar-refractivity contribution is 6.34. The molecule has 0 atom stereocenters. The molecule has 0 aliphatic heterocycles. The van der Waals surface area contributed by atoms with E-state index in [9.17, 15) is 4.79 Å². The monoisotopic (exact) mass is 304 g/mol. The molecule has 2 rings (SSSR count). The van der Waals surface area contributed by atoms with Gasteiger partial charge in [-0.15, -0.1) is 0 Å². The van der Waals surface area contributed by atoms with Gasteiger partial charge in [0.25, 0.3) is 5.91 Å². The Balaban J connectivity index is 2.07. The number of hydrogen-bond acceptors (Lipinski definition) is 3. The molecule has 2 aromatic carbocycles. The van der Waals surface area contributed by atoms with Crippen molar-refractivity contribution in [2.24, 2.45) is 0 Å². The van der Waals surface area contributed by atoms with Crippen LogP contribution in [-0.4, -0.2) is 20.1 Å². The summed E-state index contributed by atoms with van der Waals surface area (Å²) < 4.78 is 5.12. The summed E-state index contributed by atoms with van der Waals surface area (Å²) in [6.07, 6.45) is 0. The third-order valence-electron chi connectivity index (χ3n) is 3.09. The Morgan fingerprint density at radius 1 is 1.19 bits per heavy atom. The first-order chi connectivity index (χ1) is 10.1. The largest absolute Gasteiger partial charge is 0.497 e.